The van der Waals surface area contributed by atoms with Gasteiger partial charge in [0.15, 0.2) is 0 Å². The Morgan fingerprint density at radius 3 is 1.50 bits per heavy atom. The molecule has 0 nitrogen and oxygen atoms in total. The Hall–Kier alpha value is 0. The molecule has 0 aromatic carbocycles. The van der Waals surface area contributed by atoms with Crippen molar-refractivity contribution < 1.29 is 0 Å². The highest BCUT2D eigenvalue weighted by Gasteiger charge is 2.47. The molecule has 0 aliphatic heterocycles. The summed E-state index contributed by atoms with van der Waals surface area (Å²) in [5, 5.41) is 0. The van der Waals surface area contributed by atoms with Crippen LogP contribution in [0.1, 0.15) is 33.6 Å². The van der Waals surface area contributed by atoms with Crippen LogP contribution < -0.4 is 0 Å². The molecule has 4 unspecified atom stereocenters. The summed E-state index contributed by atoms with van der Waals surface area (Å²) in [4.78, 5) is 0. The monoisotopic (exact) mass is 138 g/mol. The predicted octanol–water partition coefficient (Wildman–Crippen LogP) is 2.93. The summed E-state index contributed by atoms with van der Waals surface area (Å²) in [5.41, 5.74) is 0. The lowest BCUT2D eigenvalue weighted by Gasteiger charge is -2.07. The van der Waals surface area contributed by atoms with Crippen molar-refractivity contribution in [2.24, 2.45) is 29.6 Å². The largest absolute Gasteiger partial charge is 0.0622 e. The molecule has 0 amide bonds. The van der Waals surface area contributed by atoms with Gasteiger partial charge < -0.3 is 0 Å². The summed E-state index contributed by atoms with van der Waals surface area (Å²) in [5.74, 6) is 5.38. The second-order valence-electron chi connectivity index (χ2n) is 4.61. The molecular weight excluding hydrogens is 120 g/mol. The second-order valence-corrected chi connectivity index (χ2v) is 4.61. The van der Waals surface area contributed by atoms with Gasteiger partial charge in [-0.25, -0.2) is 0 Å². The van der Waals surface area contributed by atoms with Crippen LogP contribution in [0.25, 0.3) is 0 Å². The van der Waals surface area contributed by atoms with Crippen LogP contribution in [0.15, 0.2) is 0 Å². The van der Waals surface area contributed by atoms with Crippen LogP contribution in [0.3, 0.4) is 0 Å². The second kappa shape index (κ2) is 1.99. The van der Waals surface area contributed by atoms with Gasteiger partial charge in [-0.15, -0.1) is 0 Å². The number of hydrogen-bond donors (Lipinski definition) is 0. The van der Waals surface area contributed by atoms with Gasteiger partial charge in [-0.05, 0) is 42.4 Å². The summed E-state index contributed by atoms with van der Waals surface area (Å²) in [6.07, 6.45) is 3.04. The topological polar surface area (TPSA) is 0 Å². The lowest BCUT2D eigenvalue weighted by Crippen LogP contribution is -2.01. The van der Waals surface area contributed by atoms with E-state index in [0.29, 0.717) is 0 Å². The Kier molecular flexibility index (Phi) is 1.33. The first-order valence-corrected chi connectivity index (χ1v) is 4.70. The minimum absolute atomic E-state index is 1.05. The van der Waals surface area contributed by atoms with Gasteiger partial charge >= 0.3 is 0 Å². The van der Waals surface area contributed by atoms with Gasteiger partial charge in [0.25, 0.3) is 0 Å². The zero-order valence-electron chi connectivity index (χ0n) is 7.30. The summed E-state index contributed by atoms with van der Waals surface area (Å²) in [6, 6.07) is 0. The SMILES string of the molecule is CC1CC1C(C)C1CC1C. The van der Waals surface area contributed by atoms with E-state index in [2.05, 4.69) is 20.8 Å². The third-order valence-electron chi connectivity index (χ3n) is 3.69. The van der Waals surface area contributed by atoms with Crippen molar-refractivity contribution in [1.82, 2.24) is 0 Å². The molecule has 0 heteroatoms. The smallest absolute Gasteiger partial charge is 0.0357 e. The summed E-state index contributed by atoms with van der Waals surface area (Å²) in [6.45, 7) is 7.25. The molecule has 0 bridgehead atoms. The normalized spacial score (nSPS) is 54.3. The standard InChI is InChI=1S/C10H18/c1-6-4-9(6)8(3)10-5-7(10)2/h6-10H,4-5H2,1-3H3. The molecule has 0 radical (unpaired) electrons. The van der Waals surface area contributed by atoms with Crippen molar-refractivity contribution in [2.75, 3.05) is 0 Å². The van der Waals surface area contributed by atoms with E-state index in [1.165, 1.54) is 12.8 Å². The quantitative estimate of drug-likeness (QED) is 0.550. The first-order chi connectivity index (χ1) is 4.70. The highest BCUT2D eigenvalue weighted by atomic mass is 14.5. The first kappa shape index (κ1) is 6.69. The fourth-order valence-electron chi connectivity index (χ4n) is 2.48. The molecule has 0 heterocycles. The summed E-state index contributed by atoms with van der Waals surface area (Å²) in [7, 11) is 0. The third kappa shape index (κ3) is 0.980. The Morgan fingerprint density at radius 1 is 1.00 bits per heavy atom. The van der Waals surface area contributed by atoms with Crippen LogP contribution in [-0.4, -0.2) is 0 Å². The highest BCUT2D eigenvalue weighted by Crippen LogP contribution is 2.54. The van der Waals surface area contributed by atoms with E-state index < -0.39 is 0 Å². The Labute approximate surface area is 64.0 Å². The zero-order valence-corrected chi connectivity index (χ0v) is 7.30. The molecule has 0 N–H and O–H groups in total. The lowest BCUT2D eigenvalue weighted by atomic mass is 9.98. The zero-order chi connectivity index (χ0) is 7.30. The Balaban J connectivity index is 1.83. The number of rotatable bonds is 2. The van der Waals surface area contributed by atoms with E-state index in [-0.39, 0.29) is 0 Å². The van der Waals surface area contributed by atoms with Gasteiger partial charge in [-0.1, -0.05) is 20.8 Å². The molecule has 0 aromatic rings. The van der Waals surface area contributed by atoms with Crippen LogP contribution in [0.2, 0.25) is 0 Å². The minimum atomic E-state index is 1.05. The van der Waals surface area contributed by atoms with Crippen molar-refractivity contribution in [2.45, 2.75) is 33.6 Å². The number of hydrogen-bond acceptors (Lipinski definition) is 0. The molecule has 2 aliphatic rings. The van der Waals surface area contributed by atoms with Crippen LogP contribution in [0.4, 0.5) is 0 Å². The van der Waals surface area contributed by atoms with E-state index in [9.17, 15) is 0 Å². The highest BCUT2D eigenvalue weighted by molar-refractivity contribution is 4.96. The Bertz CT molecular complexity index is 123. The van der Waals surface area contributed by atoms with E-state index >= 15 is 0 Å². The average molecular weight is 138 g/mol. The molecule has 2 fully saturated rings. The molecule has 2 aliphatic carbocycles. The van der Waals surface area contributed by atoms with Gasteiger partial charge in [0, 0.05) is 0 Å². The maximum Gasteiger partial charge on any atom is -0.0357 e. The van der Waals surface area contributed by atoms with Gasteiger partial charge in [0.2, 0.25) is 0 Å². The molecular formula is C10H18. The molecule has 4 atom stereocenters. The molecule has 10 heavy (non-hydrogen) atoms. The van der Waals surface area contributed by atoms with Gasteiger partial charge in [0.1, 0.15) is 0 Å². The van der Waals surface area contributed by atoms with Gasteiger partial charge in [0.05, 0.1) is 0 Å². The maximum absolute atomic E-state index is 2.46. The fraction of sp³-hybridized carbons (Fsp3) is 1.00. The van der Waals surface area contributed by atoms with Crippen LogP contribution in [0.5, 0.6) is 0 Å². The molecule has 2 saturated carbocycles. The van der Waals surface area contributed by atoms with Crippen molar-refractivity contribution in [3.05, 3.63) is 0 Å². The molecule has 2 rings (SSSR count). The van der Waals surface area contributed by atoms with E-state index in [1.54, 1.807) is 0 Å². The van der Waals surface area contributed by atoms with Crippen LogP contribution in [-0.2, 0) is 0 Å². The summed E-state index contributed by atoms with van der Waals surface area (Å²) >= 11 is 0. The lowest BCUT2D eigenvalue weighted by molar-refractivity contribution is 0.409. The van der Waals surface area contributed by atoms with Gasteiger partial charge in [-0.3, -0.25) is 0 Å². The average Bonchev–Trinajstić information content (AvgIpc) is 2.70. The Morgan fingerprint density at radius 2 is 1.30 bits per heavy atom. The molecule has 0 aromatic heterocycles. The van der Waals surface area contributed by atoms with Crippen molar-refractivity contribution in [3.63, 3.8) is 0 Å². The third-order valence-corrected chi connectivity index (χ3v) is 3.69. The predicted molar refractivity (Wildman–Crippen MR) is 43.7 cm³/mol. The van der Waals surface area contributed by atoms with E-state index in [4.69, 9.17) is 0 Å². The van der Waals surface area contributed by atoms with Crippen LogP contribution in [0, 0.1) is 29.6 Å². The van der Waals surface area contributed by atoms with E-state index in [1.807, 2.05) is 0 Å². The summed E-state index contributed by atoms with van der Waals surface area (Å²) < 4.78 is 0. The van der Waals surface area contributed by atoms with Crippen LogP contribution >= 0.6 is 0 Å². The van der Waals surface area contributed by atoms with Crippen molar-refractivity contribution >= 4 is 0 Å². The molecule has 0 saturated heterocycles. The first-order valence-electron chi connectivity index (χ1n) is 4.70. The molecule has 0 spiro atoms. The van der Waals surface area contributed by atoms with Crippen molar-refractivity contribution in [3.8, 4) is 0 Å². The molecule has 58 valence electrons. The minimum Gasteiger partial charge on any atom is -0.0622 e. The maximum atomic E-state index is 2.46. The fourth-order valence-corrected chi connectivity index (χ4v) is 2.48. The van der Waals surface area contributed by atoms with E-state index in [0.717, 1.165) is 29.6 Å². The van der Waals surface area contributed by atoms with Crippen molar-refractivity contribution in [1.29, 1.82) is 0 Å². The van der Waals surface area contributed by atoms with Gasteiger partial charge in [-0.2, -0.15) is 0 Å².